The van der Waals surface area contributed by atoms with E-state index in [-0.39, 0.29) is 18.1 Å². The van der Waals surface area contributed by atoms with Crippen molar-refractivity contribution in [1.29, 1.82) is 0 Å². The fraction of sp³-hybridized carbons (Fsp3) is 0.250. The van der Waals surface area contributed by atoms with Gasteiger partial charge in [0.15, 0.2) is 0 Å². The molecule has 0 aromatic carbocycles. The molecule has 0 aromatic heterocycles. The van der Waals surface area contributed by atoms with Gasteiger partial charge in [0.2, 0.25) is 0 Å². The summed E-state index contributed by atoms with van der Waals surface area (Å²) in [5.74, 6) is -0.387. The third kappa shape index (κ3) is 1.04. The number of rotatable bonds is 1. The Balaban J connectivity index is 2.74. The van der Waals surface area contributed by atoms with Gasteiger partial charge in [-0.3, -0.25) is 14.9 Å². The Hall–Kier alpha value is -1.39. The number of carbonyl (C=O) groups excluding carboxylic acids is 1. The van der Waals surface area contributed by atoms with E-state index in [1.807, 2.05) is 0 Å². The molecule has 1 N–H and O–H groups in total. The lowest BCUT2D eigenvalue weighted by Crippen LogP contribution is -2.16. The molecule has 5 nitrogen and oxygen atoms in total. The average molecular weight is 128 g/mol. The van der Waals surface area contributed by atoms with Gasteiger partial charge in [-0.05, 0) is 0 Å². The number of amides is 1. The van der Waals surface area contributed by atoms with Crippen LogP contribution in [0.4, 0.5) is 0 Å². The summed E-state index contributed by atoms with van der Waals surface area (Å²) >= 11 is 0. The van der Waals surface area contributed by atoms with Crippen LogP contribution in [0, 0.1) is 10.1 Å². The minimum absolute atomic E-state index is 0.0475. The van der Waals surface area contributed by atoms with E-state index in [9.17, 15) is 14.9 Å². The van der Waals surface area contributed by atoms with Gasteiger partial charge in [-0.2, -0.15) is 0 Å². The van der Waals surface area contributed by atoms with E-state index in [0.717, 1.165) is 6.08 Å². The first-order chi connectivity index (χ1) is 4.20. The van der Waals surface area contributed by atoms with Crippen LogP contribution < -0.4 is 5.32 Å². The molecule has 0 aromatic rings. The quantitative estimate of drug-likeness (QED) is 0.374. The third-order valence-corrected chi connectivity index (χ3v) is 0.976. The first-order valence-corrected chi connectivity index (χ1v) is 2.33. The molecule has 1 rings (SSSR count). The lowest BCUT2D eigenvalue weighted by molar-refractivity contribution is -0.424. The van der Waals surface area contributed by atoms with Crippen molar-refractivity contribution in [3.05, 3.63) is 21.9 Å². The minimum Gasteiger partial charge on any atom is -0.342 e. The van der Waals surface area contributed by atoms with Crippen LogP contribution in [0.25, 0.3) is 0 Å². The molecule has 48 valence electrons. The fourth-order valence-corrected chi connectivity index (χ4v) is 0.548. The van der Waals surface area contributed by atoms with E-state index < -0.39 is 4.92 Å². The van der Waals surface area contributed by atoms with Crippen molar-refractivity contribution in [3.63, 3.8) is 0 Å². The van der Waals surface area contributed by atoms with Gasteiger partial charge in [0.1, 0.15) is 6.54 Å². The second-order valence-corrected chi connectivity index (χ2v) is 1.61. The molecule has 1 amide bonds. The fourth-order valence-electron chi connectivity index (χ4n) is 0.548. The highest BCUT2D eigenvalue weighted by atomic mass is 16.6. The third-order valence-electron chi connectivity index (χ3n) is 0.976. The standard InChI is InChI=1S/C4H4N2O3/c7-4-1-3(2-5-4)6(8)9/h1H,2H2,(H,5,7). The Bertz CT molecular complexity index is 196. The first-order valence-electron chi connectivity index (χ1n) is 2.33. The SMILES string of the molecule is O=C1C=C([N+](=O)[O-])CN1. The smallest absolute Gasteiger partial charge is 0.270 e. The highest BCUT2D eigenvalue weighted by Gasteiger charge is 2.19. The molecular weight excluding hydrogens is 124 g/mol. The average Bonchev–Trinajstić information content (AvgIpc) is 2.14. The van der Waals surface area contributed by atoms with Gasteiger partial charge >= 0.3 is 0 Å². The van der Waals surface area contributed by atoms with Crippen LogP contribution in [-0.4, -0.2) is 17.4 Å². The number of hydrogen-bond donors (Lipinski definition) is 1. The van der Waals surface area contributed by atoms with Gasteiger partial charge in [0.25, 0.3) is 11.6 Å². The molecule has 0 radical (unpaired) electrons. The molecule has 0 fully saturated rings. The molecule has 0 bridgehead atoms. The van der Waals surface area contributed by atoms with E-state index in [0.29, 0.717) is 0 Å². The molecule has 1 heterocycles. The second kappa shape index (κ2) is 1.85. The summed E-state index contributed by atoms with van der Waals surface area (Å²) in [4.78, 5) is 19.6. The van der Waals surface area contributed by atoms with Crippen molar-refractivity contribution >= 4 is 5.91 Å². The van der Waals surface area contributed by atoms with Crippen LogP contribution in [0.2, 0.25) is 0 Å². The van der Waals surface area contributed by atoms with Crippen LogP contribution in [0.3, 0.4) is 0 Å². The summed E-state index contributed by atoms with van der Waals surface area (Å²) in [6.07, 6.45) is 0.986. The van der Waals surface area contributed by atoms with Crippen molar-refractivity contribution in [2.24, 2.45) is 0 Å². The Morgan fingerprint density at radius 2 is 2.44 bits per heavy atom. The van der Waals surface area contributed by atoms with Crippen molar-refractivity contribution < 1.29 is 9.72 Å². The lowest BCUT2D eigenvalue weighted by atomic mass is 10.5. The molecule has 5 heteroatoms. The van der Waals surface area contributed by atoms with E-state index in [1.165, 1.54) is 0 Å². The predicted octanol–water partition coefficient (Wildman–Crippen LogP) is -0.723. The van der Waals surface area contributed by atoms with E-state index in [1.54, 1.807) is 0 Å². The Labute approximate surface area is 50.5 Å². The van der Waals surface area contributed by atoms with Gasteiger partial charge < -0.3 is 5.32 Å². The largest absolute Gasteiger partial charge is 0.342 e. The highest BCUT2D eigenvalue weighted by Crippen LogP contribution is 1.98. The molecular formula is C4H4N2O3. The van der Waals surface area contributed by atoms with E-state index >= 15 is 0 Å². The second-order valence-electron chi connectivity index (χ2n) is 1.61. The number of carbonyl (C=O) groups is 1. The number of nitrogens with one attached hydrogen (secondary N) is 1. The Morgan fingerprint density at radius 1 is 1.78 bits per heavy atom. The normalized spacial score (nSPS) is 16.9. The van der Waals surface area contributed by atoms with Crippen molar-refractivity contribution in [2.45, 2.75) is 0 Å². The van der Waals surface area contributed by atoms with Crippen molar-refractivity contribution in [3.8, 4) is 0 Å². The summed E-state index contributed by atoms with van der Waals surface area (Å²) < 4.78 is 0. The summed E-state index contributed by atoms with van der Waals surface area (Å²) in [7, 11) is 0. The molecule has 0 saturated carbocycles. The van der Waals surface area contributed by atoms with Crippen LogP contribution in [-0.2, 0) is 4.79 Å². The number of nitrogens with zero attached hydrogens (tertiary/aromatic N) is 1. The number of nitro groups is 1. The zero-order chi connectivity index (χ0) is 6.85. The predicted molar refractivity (Wildman–Crippen MR) is 28.1 cm³/mol. The summed E-state index contributed by atoms with van der Waals surface area (Å²) in [6, 6.07) is 0. The maximum Gasteiger partial charge on any atom is 0.270 e. The van der Waals surface area contributed by atoms with Gasteiger partial charge in [-0.1, -0.05) is 0 Å². The Kier molecular flexibility index (Phi) is 1.18. The van der Waals surface area contributed by atoms with Crippen LogP contribution >= 0.6 is 0 Å². The molecule has 0 atom stereocenters. The summed E-state index contributed by atoms with van der Waals surface area (Å²) in [5.41, 5.74) is -0.0694. The van der Waals surface area contributed by atoms with Gasteiger partial charge in [-0.25, -0.2) is 0 Å². The highest BCUT2D eigenvalue weighted by molar-refractivity contribution is 5.90. The van der Waals surface area contributed by atoms with Gasteiger partial charge in [0, 0.05) is 0 Å². The van der Waals surface area contributed by atoms with Gasteiger partial charge in [0.05, 0.1) is 11.0 Å². The first kappa shape index (κ1) is 5.74. The van der Waals surface area contributed by atoms with E-state index in [4.69, 9.17) is 0 Å². The molecule has 0 aliphatic carbocycles. The van der Waals surface area contributed by atoms with Crippen molar-refractivity contribution in [2.75, 3.05) is 6.54 Å². The monoisotopic (exact) mass is 128 g/mol. The molecule has 9 heavy (non-hydrogen) atoms. The lowest BCUT2D eigenvalue weighted by Gasteiger charge is -1.85. The summed E-state index contributed by atoms with van der Waals surface area (Å²) in [5, 5.41) is 12.2. The summed E-state index contributed by atoms with van der Waals surface area (Å²) in [6.45, 7) is 0.0475. The Morgan fingerprint density at radius 3 is 2.67 bits per heavy atom. The molecule has 0 unspecified atom stereocenters. The minimum atomic E-state index is -0.572. The zero-order valence-corrected chi connectivity index (χ0v) is 4.46. The van der Waals surface area contributed by atoms with Crippen molar-refractivity contribution in [1.82, 2.24) is 5.32 Å². The molecule has 1 aliphatic heterocycles. The topological polar surface area (TPSA) is 72.2 Å². The van der Waals surface area contributed by atoms with Crippen LogP contribution in [0.15, 0.2) is 11.8 Å². The molecule has 0 saturated heterocycles. The maximum absolute atomic E-state index is 10.3. The number of hydrogen-bond acceptors (Lipinski definition) is 3. The maximum atomic E-state index is 10.3. The molecule has 1 aliphatic rings. The van der Waals surface area contributed by atoms with E-state index in [2.05, 4.69) is 5.32 Å². The van der Waals surface area contributed by atoms with Crippen LogP contribution in [0.1, 0.15) is 0 Å². The molecule has 0 spiro atoms. The van der Waals surface area contributed by atoms with Crippen LogP contribution in [0.5, 0.6) is 0 Å². The zero-order valence-electron chi connectivity index (χ0n) is 4.46. The van der Waals surface area contributed by atoms with Gasteiger partial charge in [-0.15, -0.1) is 0 Å².